The Morgan fingerprint density at radius 3 is 2.53 bits per heavy atom. The zero-order valence-electron chi connectivity index (χ0n) is 10.8. The number of rotatable bonds is 5. The van der Waals surface area contributed by atoms with Crippen LogP contribution in [0.1, 0.15) is 28.4 Å². The molecule has 0 bridgehead atoms. The van der Waals surface area contributed by atoms with Crippen LogP contribution in [0.3, 0.4) is 0 Å². The van der Waals surface area contributed by atoms with Gasteiger partial charge in [0.1, 0.15) is 0 Å². The van der Waals surface area contributed by atoms with Crippen LogP contribution in [0, 0.1) is 0 Å². The largest absolute Gasteiger partial charge is 0.478 e. The lowest BCUT2D eigenvalue weighted by Gasteiger charge is -2.09. The Balaban J connectivity index is 2.07. The Morgan fingerprint density at radius 1 is 1.21 bits per heavy atom. The molecule has 0 unspecified atom stereocenters. The van der Waals surface area contributed by atoms with Gasteiger partial charge >= 0.3 is 5.97 Å². The third kappa shape index (κ3) is 3.31. The molecule has 0 aliphatic heterocycles. The van der Waals surface area contributed by atoms with Gasteiger partial charge in [0.25, 0.3) is 0 Å². The van der Waals surface area contributed by atoms with Crippen molar-refractivity contribution in [1.82, 2.24) is 4.98 Å². The number of pyridine rings is 1. The van der Waals surface area contributed by atoms with Gasteiger partial charge < -0.3 is 10.4 Å². The number of aromatic carboxylic acids is 1. The van der Waals surface area contributed by atoms with Crippen molar-refractivity contribution in [2.24, 2.45) is 0 Å². The van der Waals surface area contributed by atoms with Gasteiger partial charge in [-0.2, -0.15) is 0 Å². The molecule has 19 heavy (non-hydrogen) atoms. The maximum Gasteiger partial charge on any atom is 0.337 e. The lowest BCUT2D eigenvalue weighted by molar-refractivity contribution is 0.0698. The van der Waals surface area contributed by atoms with Crippen molar-refractivity contribution < 1.29 is 9.90 Å². The summed E-state index contributed by atoms with van der Waals surface area (Å²) in [6.45, 7) is 2.69. The molecular weight excluding hydrogens is 240 g/mol. The molecule has 2 rings (SSSR count). The second-order valence-electron chi connectivity index (χ2n) is 4.25. The smallest absolute Gasteiger partial charge is 0.337 e. The van der Waals surface area contributed by atoms with E-state index in [2.05, 4.69) is 29.4 Å². The average molecular weight is 256 g/mol. The summed E-state index contributed by atoms with van der Waals surface area (Å²) >= 11 is 0. The van der Waals surface area contributed by atoms with Gasteiger partial charge in [0.05, 0.1) is 17.4 Å². The Hall–Kier alpha value is -2.36. The number of carbonyl (C=O) groups is 1. The Labute approximate surface area is 112 Å². The van der Waals surface area contributed by atoms with Crippen LogP contribution in [0.25, 0.3) is 0 Å². The first-order chi connectivity index (χ1) is 9.20. The Bertz CT molecular complexity index is 565. The van der Waals surface area contributed by atoms with Crippen LogP contribution in [0.2, 0.25) is 0 Å². The summed E-state index contributed by atoms with van der Waals surface area (Å²) in [5, 5.41) is 12.2. The molecule has 0 spiro atoms. The van der Waals surface area contributed by atoms with Gasteiger partial charge in [0, 0.05) is 12.7 Å². The normalized spacial score (nSPS) is 10.2. The van der Waals surface area contributed by atoms with Crippen molar-refractivity contribution in [3.63, 3.8) is 0 Å². The highest BCUT2D eigenvalue weighted by Gasteiger charge is 2.08. The van der Waals surface area contributed by atoms with Crippen molar-refractivity contribution in [1.29, 1.82) is 0 Å². The molecule has 0 aliphatic rings. The molecule has 1 heterocycles. The lowest BCUT2D eigenvalue weighted by Crippen LogP contribution is -2.06. The summed E-state index contributed by atoms with van der Waals surface area (Å²) in [7, 11) is 0. The molecule has 0 atom stereocenters. The summed E-state index contributed by atoms with van der Waals surface area (Å²) in [6, 6.07) is 9.74. The fraction of sp³-hybridized carbons (Fsp3) is 0.200. The second-order valence-corrected chi connectivity index (χ2v) is 4.25. The van der Waals surface area contributed by atoms with E-state index in [9.17, 15) is 4.79 Å². The van der Waals surface area contributed by atoms with E-state index < -0.39 is 5.97 Å². The third-order valence-electron chi connectivity index (χ3n) is 2.97. The molecule has 1 aromatic heterocycles. The van der Waals surface area contributed by atoms with Crippen molar-refractivity contribution >= 4 is 11.7 Å². The summed E-state index contributed by atoms with van der Waals surface area (Å²) in [4.78, 5) is 15.0. The number of nitrogens with zero attached hydrogens (tertiary/aromatic N) is 1. The van der Waals surface area contributed by atoms with Gasteiger partial charge in [-0.3, -0.25) is 4.98 Å². The van der Waals surface area contributed by atoms with Gasteiger partial charge in [-0.05, 0) is 23.6 Å². The predicted molar refractivity (Wildman–Crippen MR) is 74.3 cm³/mol. The SMILES string of the molecule is CCc1ccc(CNc2cnccc2C(=O)O)cc1. The van der Waals surface area contributed by atoms with Crippen LogP contribution in [0.5, 0.6) is 0 Å². The molecule has 2 aromatic rings. The second kappa shape index (κ2) is 6.00. The minimum atomic E-state index is -0.953. The van der Waals surface area contributed by atoms with E-state index in [0.717, 1.165) is 12.0 Å². The quantitative estimate of drug-likeness (QED) is 0.863. The van der Waals surface area contributed by atoms with Crippen LogP contribution in [-0.2, 0) is 13.0 Å². The molecule has 1 aromatic carbocycles. The molecule has 4 nitrogen and oxygen atoms in total. The number of aromatic nitrogens is 1. The fourth-order valence-corrected chi connectivity index (χ4v) is 1.81. The summed E-state index contributed by atoms with van der Waals surface area (Å²) < 4.78 is 0. The first-order valence-electron chi connectivity index (χ1n) is 6.19. The number of nitrogens with one attached hydrogen (secondary N) is 1. The molecule has 2 N–H and O–H groups in total. The number of carboxylic acids is 1. The van der Waals surface area contributed by atoms with Crippen molar-refractivity contribution in [2.75, 3.05) is 5.32 Å². The van der Waals surface area contributed by atoms with E-state index in [1.807, 2.05) is 12.1 Å². The number of hydrogen-bond donors (Lipinski definition) is 2. The molecule has 0 amide bonds. The van der Waals surface area contributed by atoms with E-state index in [4.69, 9.17) is 5.11 Å². The van der Waals surface area contributed by atoms with Gasteiger partial charge in [-0.25, -0.2) is 4.79 Å². The van der Waals surface area contributed by atoms with Crippen molar-refractivity contribution in [3.8, 4) is 0 Å². The molecule has 0 aliphatic carbocycles. The summed E-state index contributed by atoms with van der Waals surface area (Å²) in [5.74, 6) is -0.953. The van der Waals surface area contributed by atoms with E-state index >= 15 is 0 Å². The third-order valence-corrected chi connectivity index (χ3v) is 2.97. The summed E-state index contributed by atoms with van der Waals surface area (Å²) in [6.07, 6.45) is 4.02. The first-order valence-corrected chi connectivity index (χ1v) is 6.19. The maximum atomic E-state index is 11.0. The molecule has 0 fully saturated rings. The summed E-state index contributed by atoms with van der Waals surface area (Å²) in [5.41, 5.74) is 3.17. The zero-order valence-corrected chi connectivity index (χ0v) is 10.8. The van der Waals surface area contributed by atoms with Gasteiger partial charge in [-0.15, -0.1) is 0 Å². The van der Waals surface area contributed by atoms with Gasteiger partial charge in [0.2, 0.25) is 0 Å². The standard InChI is InChI=1S/C15H16N2O2/c1-2-11-3-5-12(6-4-11)9-17-14-10-16-8-7-13(14)15(18)19/h3-8,10,17H,2,9H2,1H3,(H,18,19). The number of anilines is 1. The highest BCUT2D eigenvalue weighted by Crippen LogP contribution is 2.15. The predicted octanol–water partition coefficient (Wildman–Crippen LogP) is 2.95. The molecule has 0 saturated carbocycles. The molecule has 4 heteroatoms. The fourth-order valence-electron chi connectivity index (χ4n) is 1.81. The molecule has 0 saturated heterocycles. The minimum Gasteiger partial charge on any atom is -0.478 e. The maximum absolute atomic E-state index is 11.0. The van der Waals surface area contributed by atoms with E-state index in [1.54, 1.807) is 0 Å². The van der Waals surface area contributed by atoms with Crippen LogP contribution in [0.4, 0.5) is 5.69 Å². The number of hydrogen-bond acceptors (Lipinski definition) is 3. The van der Waals surface area contributed by atoms with Gasteiger partial charge in [-0.1, -0.05) is 31.2 Å². The van der Waals surface area contributed by atoms with Crippen LogP contribution in [0.15, 0.2) is 42.7 Å². The topological polar surface area (TPSA) is 62.2 Å². The monoisotopic (exact) mass is 256 g/mol. The van der Waals surface area contributed by atoms with E-state index in [1.165, 1.54) is 24.0 Å². The van der Waals surface area contributed by atoms with Gasteiger partial charge in [0.15, 0.2) is 0 Å². The number of carboxylic acid groups (broad SMARTS) is 1. The molecule has 98 valence electrons. The Kier molecular flexibility index (Phi) is 4.13. The first kappa shape index (κ1) is 13.1. The molecule has 0 radical (unpaired) electrons. The van der Waals surface area contributed by atoms with Crippen LogP contribution >= 0.6 is 0 Å². The van der Waals surface area contributed by atoms with Crippen molar-refractivity contribution in [3.05, 3.63) is 59.4 Å². The Morgan fingerprint density at radius 2 is 1.89 bits per heavy atom. The highest BCUT2D eigenvalue weighted by molar-refractivity contribution is 5.93. The van der Waals surface area contributed by atoms with E-state index in [0.29, 0.717) is 12.2 Å². The van der Waals surface area contributed by atoms with Crippen molar-refractivity contribution in [2.45, 2.75) is 19.9 Å². The average Bonchev–Trinajstić information content (AvgIpc) is 2.46. The zero-order chi connectivity index (χ0) is 13.7. The number of benzene rings is 1. The molecular formula is C15H16N2O2. The highest BCUT2D eigenvalue weighted by atomic mass is 16.4. The number of aryl methyl sites for hydroxylation is 1. The van der Waals surface area contributed by atoms with Crippen LogP contribution in [-0.4, -0.2) is 16.1 Å². The minimum absolute atomic E-state index is 0.236. The lowest BCUT2D eigenvalue weighted by atomic mass is 10.1. The van der Waals surface area contributed by atoms with Crippen LogP contribution < -0.4 is 5.32 Å². The van der Waals surface area contributed by atoms with E-state index in [-0.39, 0.29) is 5.56 Å².